The molecule has 0 saturated carbocycles. The van der Waals surface area contributed by atoms with E-state index in [-0.39, 0.29) is 6.04 Å². The molecule has 1 aromatic heterocycles. The van der Waals surface area contributed by atoms with Crippen LogP contribution in [0.4, 0.5) is 0 Å². The van der Waals surface area contributed by atoms with Gasteiger partial charge in [0.2, 0.25) is 10.0 Å². The van der Waals surface area contributed by atoms with Gasteiger partial charge in [0.05, 0.1) is 0 Å². The quantitative estimate of drug-likeness (QED) is 0.762. The topological polar surface area (TPSA) is 61.4 Å². The SMILES string of the molecule is CC(C)NCc1ccc(S(=O)(=O)NCC(C)N(C)C)s1. The Morgan fingerprint density at radius 1 is 1.25 bits per heavy atom. The Bertz CT molecular complexity index is 509. The lowest BCUT2D eigenvalue weighted by molar-refractivity contribution is 0.314. The third-order valence-electron chi connectivity index (χ3n) is 3.04. The van der Waals surface area contributed by atoms with Crippen molar-refractivity contribution in [2.45, 2.75) is 43.6 Å². The summed E-state index contributed by atoms with van der Waals surface area (Å²) in [5.41, 5.74) is 0. The van der Waals surface area contributed by atoms with Crippen LogP contribution in [0, 0.1) is 0 Å². The molecule has 0 saturated heterocycles. The van der Waals surface area contributed by atoms with Gasteiger partial charge in [-0.25, -0.2) is 13.1 Å². The predicted octanol–water partition coefficient (Wildman–Crippen LogP) is 1.47. The van der Waals surface area contributed by atoms with Gasteiger partial charge in [0.1, 0.15) is 4.21 Å². The van der Waals surface area contributed by atoms with Crippen molar-refractivity contribution in [3.63, 3.8) is 0 Å². The van der Waals surface area contributed by atoms with Gasteiger partial charge in [-0.2, -0.15) is 0 Å². The van der Waals surface area contributed by atoms with E-state index in [1.807, 2.05) is 32.0 Å². The van der Waals surface area contributed by atoms with Crippen LogP contribution in [0.1, 0.15) is 25.6 Å². The van der Waals surface area contributed by atoms with Gasteiger partial charge in [0, 0.05) is 30.1 Å². The number of hydrogen-bond donors (Lipinski definition) is 2. The second kappa shape index (κ2) is 7.51. The third kappa shape index (κ3) is 5.49. The Balaban J connectivity index is 2.64. The minimum atomic E-state index is -3.39. The van der Waals surface area contributed by atoms with Gasteiger partial charge < -0.3 is 10.2 Å². The standard InChI is InChI=1S/C13H25N3O2S2/c1-10(2)14-9-12-6-7-13(19-12)20(17,18)15-8-11(3)16(4)5/h6-7,10-11,14-15H,8-9H2,1-5H3. The normalized spacial score (nSPS) is 14.2. The lowest BCUT2D eigenvalue weighted by Gasteiger charge is -2.19. The van der Waals surface area contributed by atoms with Crippen LogP contribution in [0.25, 0.3) is 0 Å². The molecule has 0 aromatic carbocycles. The molecular weight excluding hydrogens is 294 g/mol. The molecule has 7 heteroatoms. The summed E-state index contributed by atoms with van der Waals surface area (Å²) >= 11 is 1.32. The summed E-state index contributed by atoms with van der Waals surface area (Å²) in [7, 11) is 0.468. The van der Waals surface area contributed by atoms with E-state index in [1.54, 1.807) is 6.07 Å². The van der Waals surface area contributed by atoms with E-state index in [1.165, 1.54) is 11.3 Å². The molecule has 0 fully saturated rings. The summed E-state index contributed by atoms with van der Waals surface area (Å²) < 4.78 is 27.4. The molecule has 2 N–H and O–H groups in total. The average molecular weight is 319 g/mol. The van der Waals surface area contributed by atoms with E-state index in [0.29, 0.717) is 23.3 Å². The summed E-state index contributed by atoms with van der Waals surface area (Å²) in [5.74, 6) is 0. The van der Waals surface area contributed by atoms with Gasteiger partial charge in [0.25, 0.3) is 0 Å². The molecule has 0 radical (unpaired) electrons. The first-order valence-corrected chi connectivity index (χ1v) is 9.00. The lowest BCUT2D eigenvalue weighted by Crippen LogP contribution is -2.37. The van der Waals surface area contributed by atoms with Crippen molar-refractivity contribution in [3.8, 4) is 0 Å². The van der Waals surface area contributed by atoms with Crippen LogP contribution >= 0.6 is 11.3 Å². The molecule has 1 heterocycles. The molecule has 5 nitrogen and oxygen atoms in total. The predicted molar refractivity (Wildman–Crippen MR) is 84.6 cm³/mol. The highest BCUT2D eigenvalue weighted by Gasteiger charge is 2.18. The molecular formula is C13H25N3O2S2. The van der Waals surface area contributed by atoms with Crippen LogP contribution < -0.4 is 10.0 Å². The van der Waals surface area contributed by atoms with Crippen molar-refractivity contribution < 1.29 is 8.42 Å². The van der Waals surface area contributed by atoms with Crippen LogP contribution in [0.5, 0.6) is 0 Å². The minimum absolute atomic E-state index is 0.159. The number of hydrogen-bond acceptors (Lipinski definition) is 5. The molecule has 1 atom stereocenters. The highest BCUT2D eigenvalue weighted by Crippen LogP contribution is 2.21. The third-order valence-corrected chi connectivity index (χ3v) is 6.04. The van der Waals surface area contributed by atoms with Crippen LogP contribution in [0.2, 0.25) is 0 Å². The molecule has 1 unspecified atom stereocenters. The zero-order chi connectivity index (χ0) is 15.3. The molecule has 1 rings (SSSR count). The molecule has 0 aliphatic carbocycles. The number of nitrogens with zero attached hydrogens (tertiary/aromatic N) is 1. The highest BCUT2D eigenvalue weighted by molar-refractivity contribution is 7.91. The highest BCUT2D eigenvalue weighted by atomic mass is 32.2. The maximum Gasteiger partial charge on any atom is 0.250 e. The van der Waals surface area contributed by atoms with Crippen molar-refractivity contribution >= 4 is 21.4 Å². The fourth-order valence-electron chi connectivity index (χ4n) is 1.39. The number of likely N-dealkylation sites (N-methyl/N-ethyl adjacent to an activating group) is 1. The van der Waals surface area contributed by atoms with Crippen molar-refractivity contribution in [1.82, 2.24) is 14.9 Å². The molecule has 0 aliphatic rings. The van der Waals surface area contributed by atoms with Crippen molar-refractivity contribution in [3.05, 3.63) is 17.0 Å². The zero-order valence-corrected chi connectivity index (χ0v) is 14.4. The number of rotatable bonds is 8. The minimum Gasteiger partial charge on any atom is -0.310 e. The van der Waals surface area contributed by atoms with Gasteiger partial charge in [0.15, 0.2) is 0 Å². The largest absolute Gasteiger partial charge is 0.310 e. The van der Waals surface area contributed by atoms with Crippen molar-refractivity contribution in [2.75, 3.05) is 20.6 Å². The first kappa shape index (κ1) is 17.6. The summed E-state index contributed by atoms with van der Waals surface area (Å²) in [6, 6.07) is 4.08. The number of nitrogens with one attached hydrogen (secondary N) is 2. The molecule has 1 aromatic rings. The van der Waals surface area contributed by atoms with Crippen molar-refractivity contribution in [1.29, 1.82) is 0 Å². The molecule has 116 valence electrons. The first-order valence-electron chi connectivity index (χ1n) is 6.70. The van der Waals surface area contributed by atoms with Crippen molar-refractivity contribution in [2.24, 2.45) is 0 Å². The van der Waals surface area contributed by atoms with Crippen LogP contribution in [0.15, 0.2) is 16.3 Å². The Kier molecular flexibility index (Phi) is 6.60. The first-order chi connectivity index (χ1) is 9.22. The molecule has 0 amide bonds. The maximum atomic E-state index is 12.2. The number of thiophene rings is 1. The monoisotopic (exact) mass is 319 g/mol. The summed E-state index contributed by atoms with van der Waals surface area (Å²) in [5, 5.41) is 3.28. The lowest BCUT2D eigenvalue weighted by atomic mass is 10.3. The van der Waals surface area contributed by atoms with E-state index in [9.17, 15) is 8.42 Å². The van der Waals surface area contributed by atoms with E-state index in [4.69, 9.17) is 0 Å². The molecule has 0 aliphatic heterocycles. The fourth-order valence-corrected chi connectivity index (χ4v) is 3.86. The summed E-state index contributed by atoms with van der Waals surface area (Å²) in [6.45, 7) is 7.22. The summed E-state index contributed by atoms with van der Waals surface area (Å²) in [6.07, 6.45) is 0. The van der Waals surface area contributed by atoms with Gasteiger partial charge >= 0.3 is 0 Å². The fraction of sp³-hybridized carbons (Fsp3) is 0.692. The summed E-state index contributed by atoms with van der Waals surface area (Å²) in [4.78, 5) is 3.01. The van der Waals surface area contributed by atoms with E-state index >= 15 is 0 Å². The van der Waals surface area contributed by atoms with Gasteiger partial charge in [-0.15, -0.1) is 11.3 Å². The Hall–Kier alpha value is -0.470. The Labute approximate surface area is 126 Å². The van der Waals surface area contributed by atoms with E-state index in [0.717, 1.165) is 4.88 Å². The Morgan fingerprint density at radius 3 is 2.45 bits per heavy atom. The van der Waals surface area contributed by atoms with Gasteiger partial charge in [-0.3, -0.25) is 0 Å². The second-order valence-corrected chi connectivity index (χ2v) is 8.58. The second-order valence-electron chi connectivity index (χ2n) is 5.42. The van der Waals surface area contributed by atoms with E-state index < -0.39 is 10.0 Å². The van der Waals surface area contributed by atoms with E-state index in [2.05, 4.69) is 23.9 Å². The zero-order valence-electron chi connectivity index (χ0n) is 12.8. The van der Waals surface area contributed by atoms with Crippen LogP contribution in [0.3, 0.4) is 0 Å². The Morgan fingerprint density at radius 2 is 1.90 bits per heavy atom. The number of sulfonamides is 1. The average Bonchev–Trinajstić information content (AvgIpc) is 2.82. The van der Waals surface area contributed by atoms with Gasteiger partial charge in [-0.1, -0.05) is 13.8 Å². The maximum absolute atomic E-state index is 12.2. The molecule has 0 bridgehead atoms. The molecule has 0 spiro atoms. The van der Waals surface area contributed by atoms with Gasteiger partial charge in [-0.05, 0) is 33.2 Å². The van der Waals surface area contributed by atoms with Crippen LogP contribution in [-0.4, -0.2) is 46.0 Å². The van der Waals surface area contributed by atoms with Crippen LogP contribution in [-0.2, 0) is 16.6 Å². The smallest absolute Gasteiger partial charge is 0.250 e. The molecule has 20 heavy (non-hydrogen) atoms.